The van der Waals surface area contributed by atoms with Gasteiger partial charge in [-0.05, 0) is 28.1 Å². The molecular weight excluding hydrogens is 363 g/mol. The molecule has 1 heterocycles. The van der Waals surface area contributed by atoms with Crippen molar-refractivity contribution in [1.82, 2.24) is 15.2 Å². The van der Waals surface area contributed by atoms with Gasteiger partial charge in [-0.25, -0.2) is 9.82 Å². The minimum Gasteiger partial charge on any atom is -0.383 e. The Balaban J connectivity index is 2.49. The van der Waals surface area contributed by atoms with Crippen LogP contribution in [0, 0.1) is 5.82 Å². The van der Waals surface area contributed by atoms with Crippen LogP contribution in [0.25, 0.3) is 0 Å². The molecule has 1 aromatic carbocycles. The fraction of sp³-hybridized carbons (Fsp3) is 0.308. The average Bonchev–Trinajstić information content (AvgIpc) is 2.82. The zero-order chi connectivity index (χ0) is 15.4. The van der Waals surface area contributed by atoms with E-state index in [2.05, 4.69) is 26.5 Å². The second-order valence-electron chi connectivity index (χ2n) is 4.33. The van der Waals surface area contributed by atoms with Crippen molar-refractivity contribution in [3.63, 3.8) is 0 Å². The van der Waals surface area contributed by atoms with E-state index in [4.69, 9.17) is 22.2 Å². The fourth-order valence-electron chi connectivity index (χ4n) is 2.10. The first-order chi connectivity index (χ1) is 10.1. The molecule has 1 unspecified atom stereocenters. The number of nitrogens with one attached hydrogen (secondary N) is 1. The smallest absolute Gasteiger partial charge is 0.129 e. The van der Waals surface area contributed by atoms with E-state index in [9.17, 15) is 4.39 Å². The van der Waals surface area contributed by atoms with Gasteiger partial charge in [-0.2, -0.15) is 5.10 Å². The van der Waals surface area contributed by atoms with Gasteiger partial charge in [-0.1, -0.05) is 17.7 Å². The third kappa shape index (κ3) is 3.44. The lowest BCUT2D eigenvalue weighted by molar-refractivity contribution is 0.182. The monoisotopic (exact) mass is 376 g/mol. The number of aromatic nitrogens is 2. The summed E-state index contributed by atoms with van der Waals surface area (Å²) in [7, 11) is 1.60. The number of ether oxygens (including phenoxy) is 1. The summed E-state index contributed by atoms with van der Waals surface area (Å²) in [5.74, 6) is 5.20. The number of halogens is 3. The van der Waals surface area contributed by atoms with Gasteiger partial charge in [0.1, 0.15) is 5.82 Å². The van der Waals surface area contributed by atoms with E-state index in [-0.39, 0.29) is 5.56 Å². The van der Waals surface area contributed by atoms with Gasteiger partial charge in [0.25, 0.3) is 0 Å². The van der Waals surface area contributed by atoms with Gasteiger partial charge in [0.15, 0.2) is 0 Å². The molecule has 3 N–H and O–H groups in total. The molecule has 0 radical (unpaired) electrons. The Morgan fingerprint density at radius 1 is 1.57 bits per heavy atom. The van der Waals surface area contributed by atoms with Crippen molar-refractivity contribution in [3.8, 4) is 0 Å². The van der Waals surface area contributed by atoms with E-state index in [1.807, 2.05) is 0 Å². The number of hydrogen-bond acceptors (Lipinski definition) is 4. The van der Waals surface area contributed by atoms with Crippen LogP contribution >= 0.6 is 27.5 Å². The van der Waals surface area contributed by atoms with E-state index in [0.717, 1.165) is 0 Å². The van der Waals surface area contributed by atoms with E-state index in [0.29, 0.717) is 28.3 Å². The molecule has 5 nitrogen and oxygen atoms in total. The van der Waals surface area contributed by atoms with Crippen LogP contribution in [0.1, 0.15) is 17.3 Å². The summed E-state index contributed by atoms with van der Waals surface area (Å²) in [4.78, 5) is 0. The summed E-state index contributed by atoms with van der Waals surface area (Å²) >= 11 is 9.54. The van der Waals surface area contributed by atoms with Crippen LogP contribution in [-0.2, 0) is 11.3 Å². The number of benzene rings is 1. The first-order valence-corrected chi connectivity index (χ1v) is 7.37. The molecule has 0 saturated heterocycles. The molecule has 0 saturated carbocycles. The Morgan fingerprint density at radius 2 is 2.33 bits per heavy atom. The Hall–Kier alpha value is -0.990. The van der Waals surface area contributed by atoms with Gasteiger partial charge in [0, 0.05) is 17.7 Å². The van der Waals surface area contributed by atoms with Crippen molar-refractivity contribution in [1.29, 1.82) is 0 Å². The lowest BCUT2D eigenvalue weighted by Gasteiger charge is -2.20. The van der Waals surface area contributed by atoms with Gasteiger partial charge < -0.3 is 4.74 Å². The number of nitrogens with zero attached hydrogens (tertiary/aromatic N) is 2. The Labute approximate surface area is 135 Å². The van der Waals surface area contributed by atoms with Gasteiger partial charge in [-0.3, -0.25) is 10.5 Å². The largest absolute Gasteiger partial charge is 0.383 e. The molecule has 0 spiro atoms. The summed E-state index contributed by atoms with van der Waals surface area (Å²) < 4.78 is 21.6. The highest BCUT2D eigenvalue weighted by Gasteiger charge is 2.25. The highest BCUT2D eigenvalue weighted by molar-refractivity contribution is 9.10. The van der Waals surface area contributed by atoms with Crippen molar-refractivity contribution < 1.29 is 9.13 Å². The zero-order valence-corrected chi connectivity index (χ0v) is 13.7. The molecule has 0 fully saturated rings. The predicted octanol–water partition coefficient (Wildman–Crippen LogP) is 2.64. The van der Waals surface area contributed by atoms with Gasteiger partial charge >= 0.3 is 0 Å². The van der Waals surface area contributed by atoms with Crippen LogP contribution in [0.3, 0.4) is 0 Å². The fourth-order valence-corrected chi connectivity index (χ4v) is 2.90. The average molecular weight is 378 g/mol. The normalized spacial score (nSPS) is 12.6. The number of nitrogens with two attached hydrogens (primary N) is 1. The molecule has 0 bridgehead atoms. The molecule has 114 valence electrons. The summed E-state index contributed by atoms with van der Waals surface area (Å²) in [6.45, 7) is 0.991. The Kier molecular flexibility index (Phi) is 5.72. The van der Waals surface area contributed by atoms with Crippen molar-refractivity contribution in [2.75, 3.05) is 13.7 Å². The maximum absolute atomic E-state index is 14.1. The highest BCUT2D eigenvalue weighted by atomic mass is 79.9. The molecule has 0 aliphatic rings. The molecule has 0 aliphatic carbocycles. The van der Waals surface area contributed by atoms with Crippen LogP contribution in [0.5, 0.6) is 0 Å². The second-order valence-corrected chi connectivity index (χ2v) is 5.59. The third-order valence-electron chi connectivity index (χ3n) is 3.07. The first-order valence-electron chi connectivity index (χ1n) is 6.20. The number of hydrogen-bond donors (Lipinski definition) is 2. The third-order valence-corrected chi connectivity index (χ3v) is 4.01. The SMILES string of the molecule is COCCn1ncc(Br)c1C(NN)c1c(F)cccc1Cl. The van der Waals surface area contributed by atoms with Crippen LogP contribution in [0.4, 0.5) is 4.39 Å². The number of methoxy groups -OCH3 is 1. The molecular formula is C13H15BrClFN4O. The van der Waals surface area contributed by atoms with Crippen molar-refractivity contribution in [2.24, 2.45) is 5.84 Å². The standard InChI is InChI=1S/C13H15BrClFN4O/c1-21-6-5-20-13(8(14)7-18-20)12(19-17)11-9(15)3-2-4-10(11)16/h2-4,7,12,19H,5-6,17H2,1H3. The van der Waals surface area contributed by atoms with Crippen molar-refractivity contribution in [3.05, 3.63) is 51.0 Å². The minimum absolute atomic E-state index is 0.279. The first kappa shape index (κ1) is 16.4. The quantitative estimate of drug-likeness (QED) is 0.600. The topological polar surface area (TPSA) is 65.1 Å². The van der Waals surface area contributed by atoms with Crippen molar-refractivity contribution >= 4 is 27.5 Å². The van der Waals surface area contributed by atoms with Crippen molar-refractivity contribution in [2.45, 2.75) is 12.6 Å². The van der Waals surface area contributed by atoms with E-state index >= 15 is 0 Å². The maximum Gasteiger partial charge on any atom is 0.129 e. The molecule has 1 atom stereocenters. The Bertz CT molecular complexity index is 602. The number of rotatable bonds is 6. The summed E-state index contributed by atoms with van der Waals surface area (Å²) in [5.41, 5.74) is 3.57. The summed E-state index contributed by atoms with van der Waals surface area (Å²) in [5, 5.41) is 4.53. The van der Waals surface area contributed by atoms with E-state index in [1.54, 1.807) is 30.1 Å². The minimum atomic E-state index is -0.632. The lowest BCUT2D eigenvalue weighted by Crippen LogP contribution is -2.32. The zero-order valence-electron chi connectivity index (χ0n) is 11.3. The summed E-state index contributed by atoms with van der Waals surface area (Å²) in [6.07, 6.45) is 1.63. The van der Waals surface area contributed by atoms with Crippen LogP contribution in [0.2, 0.25) is 5.02 Å². The molecule has 0 aliphatic heterocycles. The van der Waals surface area contributed by atoms with Gasteiger partial charge in [-0.15, -0.1) is 0 Å². The van der Waals surface area contributed by atoms with Crippen LogP contribution in [-0.4, -0.2) is 23.5 Å². The lowest BCUT2D eigenvalue weighted by atomic mass is 10.0. The molecule has 21 heavy (non-hydrogen) atoms. The summed E-state index contributed by atoms with van der Waals surface area (Å²) in [6, 6.07) is 3.88. The molecule has 2 aromatic rings. The van der Waals surface area contributed by atoms with E-state index < -0.39 is 11.9 Å². The predicted molar refractivity (Wildman–Crippen MR) is 82.4 cm³/mol. The van der Waals surface area contributed by atoms with Crippen LogP contribution in [0.15, 0.2) is 28.9 Å². The highest BCUT2D eigenvalue weighted by Crippen LogP contribution is 2.33. The molecule has 2 rings (SSSR count). The van der Waals surface area contributed by atoms with Crippen LogP contribution < -0.4 is 11.3 Å². The van der Waals surface area contributed by atoms with Gasteiger partial charge in [0.05, 0.1) is 35.6 Å². The molecule has 1 aromatic heterocycles. The molecule has 8 heteroatoms. The van der Waals surface area contributed by atoms with E-state index in [1.165, 1.54) is 6.07 Å². The Morgan fingerprint density at radius 3 is 2.95 bits per heavy atom. The van der Waals surface area contributed by atoms with Gasteiger partial charge in [0.2, 0.25) is 0 Å². The molecule has 0 amide bonds. The maximum atomic E-state index is 14.1. The second kappa shape index (κ2) is 7.33. The number of hydrazine groups is 1.